The Morgan fingerprint density at radius 2 is 1.32 bits per heavy atom. The minimum Gasteiger partial charge on any atom is -0.481 e. The summed E-state index contributed by atoms with van der Waals surface area (Å²) >= 11 is 0. The molecule has 0 aliphatic heterocycles. The maximum atomic E-state index is 13.0. The van der Waals surface area contributed by atoms with E-state index in [9.17, 15) is 14.2 Å². The fourth-order valence-electron chi connectivity index (χ4n) is 2.67. The molecule has 0 spiro atoms. The van der Waals surface area contributed by atoms with E-state index in [4.69, 9.17) is 18.7 Å². The van der Waals surface area contributed by atoms with Gasteiger partial charge in [0, 0.05) is 0 Å². The van der Waals surface area contributed by atoms with Crippen LogP contribution in [-0.4, -0.2) is 36.7 Å². The third kappa shape index (κ3) is 13.4. The summed E-state index contributed by atoms with van der Waals surface area (Å²) in [4.78, 5) is 22.3. The second-order valence-electron chi connectivity index (χ2n) is 7.25. The fraction of sp³-hybridized carbons (Fsp3) is 0.900. The van der Waals surface area contributed by atoms with Crippen LogP contribution in [0.4, 0.5) is 0 Å². The quantitative estimate of drug-likeness (QED) is 0.213. The molecule has 0 fully saturated rings. The van der Waals surface area contributed by atoms with E-state index in [1.165, 1.54) is 0 Å². The average molecular weight is 422 g/mol. The van der Waals surface area contributed by atoms with Gasteiger partial charge in [0.05, 0.1) is 13.2 Å². The first kappa shape index (κ1) is 27.2. The Kier molecular flexibility index (Phi) is 15.7. The lowest BCUT2D eigenvalue weighted by molar-refractivity contribution is -0.140. The van der Waals surface area contributed by atoms with E-state index < -0.39 is 32.6 Å². The van der Waals surface area contributed by atoms with E-state index >= 15 is 0 Å². The van der Waals surface area contributed by atoms with E-state index in [0.29, 0.717) is 0 Å². The van der Waals surface area contributed by atoms with Crippen molar-refractivity contribution in [3.8, 4) is 0 Å². The van der Waals surface area contributed by atoms with Crippen LogP contribution in [0, 0.1) is 11.8 Å². The normalized spacial score (nSPS) is 15.7. The van der Waals surface area contributed by atoms with Crippen LogP contribution < -0.4 is 0 Å². The molecule has 0 amide bonds. The number of rotatable bonds is 19. The summed E-state index contributed by atoms with van der Waals surface area (Å²) < 4.78 is 29.3. The van der Waals surface area contributed by atoms with Crippen molar-refractivity contribution in [3.63, 3.8) is 0 Å². The van der Waals surface area contributed by atoms with Crippen LogP contribution >= 0.6 is 7.82 Å². The molecule has 2 atom stereocenters. The molecule has 0 rings (SSSR count). The minimum atomic E-state index is -3.93. The number of unbranched alkanes of at least 4 members (excludes halogenated alkanes) is 2. The summed E-state index contributed by atoms with van der Waals surface area (Å²) in [7, 11) is -3.93. The maximum absolute atomic E-state index is 13.0. The number of Topliss-reactive ketones (excluding diaryl/α,β-unsaturated/α-hetero) is 1. The predicted octanol–water partition coefficient (Wildman–Crippen LogP) is 5.62. The van der Waals surface area contributed by atoms with Gasteiger partial charge in [-0.25, -0.2) is 4.57 Å². The number of carboxylic acid groups (broad SMARTS) is 1. The number of aliphatic carboxylic acids is 1. The van der Waals surface area contributed by atoms with Crippen LogP contribution in [-0.2, 0) is 27.7 Å². The highest BCUT2D eigenvalue weighted by Crippen LogP contribution is 2.50. The van der Waals surface area contributed by atoms with Gasteiger partial charge in [-0.15, -0.1) is 0 Å². The molecule has 0 aromatic heterocycles. The van der Waals surface area contributed by atoms with E-state index in [1.807, 2.05) is 13.8 Å². The lowest BCUT2D eigenvalue weighted by Crippen LogP contribution is -2.17. The lowest BCUT2D eigenvalue weighted by atomic mass is 10.0. The van der Waals surface area contributed by atoms with E-state index in [1.54, 1.807) is 0 Å². The number of carbonyl (C=O) groups is 2. The van der Waals surface area contributed by atoms with Crippen LogP contribution in [0.25, 0.3) is 0 Å². The second kappa shape index (κ2) is 16.1. The van der Waals surface area contributed by atoms with Crippen LogP contribution in [0.3, 0.4) is 0 Å². The Morgan fingerprint density at radius 1 is 0.857 bits per heavy atom. The first-order valence-electron chi connectivity index (χ1n) is 10.6. The molecule has 2 unspecified atom stereocenters. The van der Waals surface area contributed by atoms with Gasteiger partial charge in [0.1, 0.15) is 13.0 Å². The molecule has 0 aliphatic carbocycles. The smallest absolute Gasteiger partial charge is 0.475 e. The highest BCUT2D eigenvalue weighted by atomic mass is 31.2. The van der Waals surface area contributed by atoms with E-state index in [-0.39, 0.29) is 25.0 Å². The number of carbonyl (C=O) groups excluding carboxylic acids is 1. The highest BCUT2D eigenvalue weighted by molar-refractivity contribution is 7.48. The van der Waals surface area contributed by atoms with Gasteiger partial charge in [0.15, 0.2) is 5.78 Å². The van der Waals surface area contributed by atoms with Crippen molar-refractivity contribution >= 4 is 19.6 Å². The van der Waals surface area contributed by atoms with Crippen molar-refractivity contribution in [3.05, 3.63) is 0 Å². The summed E-state index contributed by atoms with van der Waals surface area (Å²) in [5.41, 5.74) is 0. The summed E-state index contributed by atoms with van der Waals surface area (Å²) in [6.45, 7) is 8.18. The Hall–Kier alpha value is -0.750. The SMILES string of the molecule is CCCCC(CC)COP(=O)(OCC(=O)CC(=O)O)OCC(CC)CCCC. The molecule has 0 aliphatic rings. The maximum Gasteiger partial charge on any atom is 0.475 e. The lowest BCUT2D eigenvalue weighted by Gasteiger charge is -2.23. The summed E-state index contributed by atoms with van der Waals surface area (Å²) in [6, 6.07) is 0. The molecule has 0 aromatic carbocycles. The third-order valence-corrected chi connectivity index (χ3v) is 6.13. The van der Waals surface area contributed by atoms with Gasteiger partial charge in [-0.05, 0) is 24.7 Å². The molecule has 0 heterocycles. The molecule has 28 heavy (non-hydrogen) atoms. The summed E-state index contributed by atoms with van der Waals surface area (Å²) in [5, 5.41) is 8.69. The Balaban J connectivity index is 4.88. The van der Waals surface area contributed by atoms with E-state index in [2.05, 4.69) is 13.8 Å². The van der Waals surface area contributed by atoms with Crippen LogP contribution in [0.1, 0.15) is 85.5 Å². The summed E-state index contributed by atoms with van der Waals surface area (Å²) in [6.07, 6.45) is 7.25. The van der Waals surface area contributed by atoms with Gasteiger partial charge < -0.3 is 5.11 Å². The second-order valence-corrected chi connectivity index (χ2v) is 8.92. The zero-order valence-corrected chi connectivity index (χ0v) is 18.9. The van der Waals surface area contributed by atoms with Gasteiger partial charge >= 0.3 is 13.8 Å². The predicted molar refractivity (Wildman–Crippen MR) is 109 cm³/mol. The summed E-state index contributed by atoms with van der Waals surface area (Å²) in [5.74, 6) is -1.45. The largest absolute Gasteiger partial charge is 0.481 e. The molecule has 0 saturated heterocycles. The average Bonchev–Trinajstić information content (AvgIpc) is 2.66. The van der Waals surface area contributed by atoms with Gasteiger partial charge in [-0.3, -0.25) is 23.2 Å². The number of hydrogen-bond acceptors (Lipinski definition) is 6. The van der Waals surface area contributed by atoms with Crippen LogP contribution in [0.5, 0.6) is 0 Å². The van der Waals surface area contributed by atoms with Gasteiger partial charge in [0.25, 0.3) is 0 Å². The molecule has 8 heteroatoms. The van der Waals surface area contributed by atoms with Gasteiger partial charge in [0.2, 0.25) is 0 Å². The Morgan fingerprint density at radius 3 is 1.68 bits per heavy atom. The van der Waals surface area contributed by atoms with Gasteiger partial charge in [-0.2, -0.15) is 0 Å². The molecule has 0 aromatic rings. The monoisotopic (exact) mass is 422 g/mol. The molecule has 0 radical (unpaired) electrons. The molecule has 166 valence electrons. The number of phosphoric acid groups is 1. The molecular weight excluding hydrogens is 383 g/mol. The Labute approximate surface area is 170 Å². The van der Waals surface area contributed by atoms with Crippen molar-refractivity contribution in [2.24, 2.45) is 11.8 Å². The molecular formula is C20H39O7P. The van der Waals surface area contributed by atoms with Crippen molar-refractivity contribution in [2.45, 2.75) is 85.5 Å². The topological polar surface area (TPSA) is 99.1 Å². The minimum absolute atomic E-state index is 0.229. The highest BCUT2D eigenvalue weighted by Gasteiger charge is 2.30. The number of hydrogen-bond donors (Lipinski definition) is 1. The molecule has 0 saturated carbocycles. The molecule has 1 N–H and O–H groups in total. The van der Waals surface area contributed by atoms with Crippen molar-refractivity contribution in [2.75, 3.05) is 19.8 Å². The number of carboxylic acids is 1. The van der Waals surface area contributed by atoms with Crippen LogP contribution in [0.2, 0.25) is 0 Å². The zero-order chi connectivity index (χ0) is 21.4. The van der Waals surface area contributed by atoms with Crippen molar-refractivity contribution in [1.29, 1.82) is 0 Å². The third-order valence-electron chi connectivity index (χ3n) is 4.76. The standard InChI is InChI=1S/C20H39O7P/c1-5-9-11-17(7-3)14-25-28(24,27-16-19(21)13-20(22)23)26-15-18(8-4)12-10-6-2/h17-18H,5-16H2,1-4H3,(H,22,23). The van der Waals surface area contributed by atoms with E-state index in [0.717, 1.165) is 51.4 Å². The van der Waals surface area contributed by atoms with Crippen molar-refractivity contribution < 1.29 is 32.8 Å². The number of ketones is 1. The van der Waals surface area contributed by atoms with Crippen molar-refractivity contribution in [1.82, 2.24) is 0 Å². The first-order chi connectivity index (χ1) is 13.3. The zero-order valence-electron chi connectivity index (χ0n) is 18.0. The fourth-order valence-corrected chi connectivity index (χ4v) is 3.98. The molecule has 0 bridgehead atoms. The first-order valence-corrected chi connectivity index (χ1v) is 12.0. The van der Waals surface area contributed by atoms with Gasteiger partial charge in [-0.1, -0.05) is 66.2 Å². The van der Waals surface area contributed by atoms with Crippen LogP contribution in [0.15, 0.2) is 0 Å². The Bertz CT molecular complexity index is 457. The molecule has 7 nitrogen and oxygen atoms in total. The number of phosphoric ester groups is 1.